The van der Waals surface area contributed by atoms with E-state index in [4.69, 9.17) is 4.42 Å². The number of piperidine rings is 1. The van der Waals surface area contributed by atoms with Gasteiger partial charge in [-0.1, -0.05) is 32.1 Å². The number of amides is 1. The Morgan fingerprint density at radius 2 is 2.09 bits per heavy atom. The second kappa shape index (κ2) is 6.43. The van der Waals surface area contributed by atoms with Gasteiger partial charge in [-0.05, 0) is 30.4 Å². The number of carbonyl (C=O) groups is 1. The Hall–Kier alpha value is -1.69. The van der Waals surface area contributed by atoms with Crippen molar-refractivity contribution in [3.8, 4) is 10.8 Å². The summed E-state index contributed by atoms with van der Waals surface area (Å²) in [6.45, 7) is 7.95. The molecule has 2 aromatic heterocycles. The van der Waals surface area contributed by atoms with Crippen LogP contribution < -0.4 is 0 Å². The lowest BCUT2D eigenvalue weighted by atomic mass is 9.90. The first kappa shape index (κ1) is 16.2. The van der Waals surface area contributed by atoms with E-state index in [2.05, 4.69) is 31.0 Å². The minimum Gasteiger partial charge on any atom is -0.462 e. The SMILES string of the molecule is CC(C)(C)CC(=O)N1CCC(c2nnc(-c3ccco3)s2)CC1. The number of furan rings is 1. The molecule has 124 valence electrons. The number of likely N-dealkylation sites (tertiary alicyclic amines) is 1. The Bertz CT molecular complexity index is 650. The van der Waals surface area contributed by atoms with E-state index >= 15 is 0 Å². The average Bonchev–Trinajstić information content (AvgIpc) is 3.17. The van der Waals surface area contributed by atoms with Crippen LogP contribution in [-0.2, 0) is 4.79 Å². The number of hydrogen-bond acceptors (Lipinski definition) is 5. The maximum Gasteiger partial charge on any atom is 0.223 e. The lowest BCUT2D eigenvalue weighted by Gasteiger charge is -2.32. The van der Waals surface area contributed by atoms with Gasteiger partial charge in [0.15, 0.2) is 10.8 Å². The molecule has 1 saturated heterocycles. The molecule has 0 saturated carbocycles. The molecule has 3 heterocycles. The van der Waals surface area contributed by atoms with Crippen LogP contribution >= 0.6 is 11.3 Å². The van der Waals surface area contributed by atoms with Gasteiger partial charge in [0.25, 0.3) is 0 Å². The van der Waals surface area contributed by atoms with Gasteiger partial charge in [0.2, 0.25) is 5.91 Å². The Labute approximate surface area is 140 Å². The first-order valence-corrected chi connectivity index (χ1v) is 8.89. The van der Waals surface area contributed by atoms with Crippen molar-refractivity contribution in [1.29, 1.82) is 0 Å². The van der Waals surface area contributed by atoms with Crippen LogP contribution in [0.15, 0.2) is 22.8 Å². The summed E-state index contributed by atoms with van der Waals surface area (Å²) in [5.74, 6) is 1.44. The molecule has 3 rings (SSSR count). The fraction of sp³-hybridized carbons (Fsp3) is 0.588. The summed E-state index contributed by atoms with van der Waals surface area (Å²) in [6, 6.07) is 3.76. The molecule has 0 aromatic carbocycles. The Morgan fingerprint density at radius 3 is 2.70 bits per heavy atom. The van der Waals surface area contributed by atoms with Crippen molar-refractivity contribution in [3.63, 3.8) is 0 Å². The third kappa shape index (κ3) is 3.99. The molecule has 0 N–H and O–H groups in total. The summed E-state index contributed by atoms with van der Waals surface area (Å²) in [4.78, 5) is 14.3. The van der Waals surface area contributed by atoms with Gasteiger partial charge in [-0.3, -0.25) is 4.79 Å². The first-order valence-electron chi connectivity index (χ1n) is 8.07. The number of rotatable bonds is 3. The standard InChI is InChI=1S/C17H23N3O2S/c1-17(2,3)11-14(21)20-8-6-12(7-9-20)15-18-19-16(23-15)13-5-4-10-22-13/h4-5,10,12H,6-9,11H2,1-3H3. The van der Waals surface area contributed by atoms with Gasteiger partial charge in [0, 0.05) is 25.4 Å². The van der Waals surface area contributed by atoms with Gasteiger partial charge >= 0.3 is 0 Å². The summed E-state index contributed by atoms with van der Waals surface area (Å²) in [5.41, 5.74) is 0.0467. The highest BCUT2D eigenvalue weighted by atomic mass is 32.1. The second-order valence-electron chi connectivity index (χ2n) is 7.32. The average molecular weight is 333 g/mol. The summed E-state index contributed by atoms with van der Waals surface area (Å²) in [7, 11) is 0. The lowest BCUT2D eigenvalue weighted by molar-refractivity contribution is -0.134. The van der Waals surface area contributed by atoms with E-state index in [-0.39, 0.29) is 11.3 Å². The van der Waals surface area contributed by atoms with Crippen LogP contribution in [0.4, 0.5) is 0 Å². The third-order valence-electron chi connectivity index (χ3n) is 4.05. The molecular weight excluding hydrogens is 310 g/mol. The molecular formula is C17H23N3O2S. The largest absolute Gasteiger partial charge is 0.462 e. The predicted molar refractivity (Wildman–Crippen MR) is 90.2 cm³/mol. The minimum absolute atomic E-state index is 0.0467. The molecule has 0 bridgehead atoms. The van der Waals surface area contributed by atoms with Crippen LogP contribution in [0.2, 0.25) is 0 Å². The van der Waals surface area contributed by atoms with Crippen molar-refractivity contribution in [2.45, 2.75) is 46.0 Å². The van der Waals surface area contributed by atoms with E-state index in [0.717, 1.165) is 41.7 Å². The maximum absolute atomic E-state index is 12.3. The Kier molecular flexibility index (Phi) is 4.53. The number of carbonyl (C=O) groups excluding carboxylic acids is 1. The first-order chi connectivity index (χ1) is 10.9. The van der Waals surface area contributed by atoms with Crippen LogP contribution in [0.25, 0.3) is 10.8 Å². The quantitative estimate of drug-likeness (QED) is 0.853. The van der Waals surface area contributed by atoms with E-state index in [1.54, 1.807) is 17.6 Å². The van der Waals surface area contributed by atoms with Crippen LogP contribution in [-0.4, -0.2) is 34.1 Å². The van der Waals surface area contributed by atoms with E-state index < -0.39 is 0 Å². The van der Waals surface area contributed by atoms with Crippen molar-refractivity contribution < 1.29 is 9.21 Å². The van der Waals surface area contributed by atoms with Gasteiger partial charge in [-0.25, -0.2) is 0 Å². The van der Waals surface area contributed by atoms with E-state index in [1.807, 2.05) is 17.0 Å². The summed E-state index contributed by atoms with van der Waals surface area (Å²) in [5, 5.41) is 10.4. The molecule has 1 aliphatic heterocycles. The van der Waals surface area contributed by atoms with Crippen LogP contribution in [0.3, 0.4) is 0 Å². The second-order valence-corrected chi connectivity index (χ2v) is 8.32. The molecule has 0 spiro atoms. The molecule has 0 unspecified atom stereocenters. The van der Waals surface area contributed by atoms with Crippen molar-refractivity contribution in [2.24, 2.45) is 5.41 Å². The molecule has 0 radical (unpaired) electrons. The fourth-order valence-electron chi connectivity index (χ4n) is 2.84. The Balaban J connectivity index is 1.58. The fourth-order valence-corrected chi connectivity index (χ4v) is 3.82. The zero-order chi connectivity index (χ0) is 16.4. The van der Waals surface area contributed by atoms with E-state index in [0.29, 0.717) is 12.3 Å². The smallest absolute Gasteiger partial charge is 0.223 e. The summed E-state index contributed by atoms with van der Waals surface area (Å²) >= 11 is 1.60. The molecule has 0 atom stereocenters. The molecule has 1 fully saturated rings. The van der Waals surface area contributed by atoms with Crippen molar-refractivity contribution >= 4 is 17.2 Å². The monoisotopic (exact) mass is 333 g/mol. The number of aromatic nitrogens is 2. The van der Waals surface area contributed by atoms with Crippen molar-refractivity contribution in [1.82, 2.24) is 15.1 Å². The highest BCUT2D eigenvalue weighted by molar-refractivity contribution is 7.14. The zero-order valence-corrected chi connectivity index (χ0v) is 14.7. The van der Waals surface area contributed by atoms with Gasteiger partial charge in [0.1, 0.15) is 5.01 Å². The topological polar surface area (TPSA) is 59.2 Å². The molecule has 0 aliphatic carbocycles. The van der Waals surface area contributed by atoms with Crippen LogP contribution in [0, 0.1) is 5.41 Å². The van der Waals surface area contributed by atoms with Gasteiger partial charge in [-0.2, -0.15) is 0 Å². The molecule has 23 heavy (non-hydrogen) atoms. The highest BCUT2D eigenvalue weighted by Crippen LogP contribution is 2.34. The van der Waals surface area contributed by atoms with Gasteiger partial charge in [-0.15, -0.1) is 10.2 Å². The molecule has 2 aromatic rings. The molecule has 1 amide bonds. The number of nitrogens with zero attached hydrogens (tertiary/aromatic N) is 3. The van der Waals surface area contributed by atoms with E-state index in [1.165, 1.54) is 0 Å². The summed E-state index contributed by atoms with van der Waals surface area (Å²) in [6.07, 6.45) is 4.18. The van der Waals surface area contributed by atoms with Crippen LogP contribution in [0.5, 0.6) is 0 Å². The van der Waals surface area contributed by atoms with Gasteiger partial charge in [0.05, 0.1) is 6.26 Å². The normalized spacial score (nSPS) is 16.7. The molecule has 1 aliphatic rings. The van der Waals surface area contributed by atoms with E-state index in [9.17, 15) is 4.79 Å². The Morgan fingerprint density at radius 1 is 1.35 bits per heavy atom. The predicted octanol–water partition coefficient (Wildman–Crippen LogP) is 3.94. The van der Waals surface area contributed by atoms with Crippen molar-refractivity contribution in [2.75, 3.05) is 13.1 Å². The molecule has 6 heteroatoms. The highest BCUT2D eigenvalue weighted by Gasteiger charge is 2.28. The molecule has 5 nitrogen and oxygen atoms in total. The minimum atomic E-state index is 0.0467. The maximum atomic E-state index is 12.3. The lowest BCUT2D eigenvalue weighted by Crippen LogP contribution is -2.39. The summed E-state index contributed by atoms with van der Waals surface area (Å²) < 4.78 is 5.37. The number of hydrogen-bond donors (Lipinski definition) is 0. The van der Waals surface area contributed by atoms with Crippen LogP contribution in [0.1, 0.15) is 51.0 Å². The van der Waals surface area contributed by atoms with Crippen molar-refractivity contribution in [3.05, 3.63) is 23.4 Å². The zero-order valence-electron chi connectivity index (χ0n) is 13.9. The van der Waals surface area contributed by atoms with Gasteiger partial charge < -0.3 is 9.32 Å². The third-order valence-corrected chi connectivity index (χ3v) is 5.15.